The molecule has 0 aliphatic heterocycles. The molecule has 118 valence electrons. The van der Waals surface area contributed by atoms with Crippen molar-refractivity contribution in [3.05, 3.63) is 34.4 Å². The van der Waals surface area contributed by atoms with Gasteiger partial charge in [0.2, 0.25) is 0 Å². The van der Waals surface area contributed by atoms with E-state index in [9.17, 15) is 13.6 Å². The molecule has 2 N–H and O–H groups in total. The highest BCUT2D eigenvalue weighted by Gasteiger charge is 2.23. The van der Waals surface area contributed by atoms with E-state index in [2.05, 4.69) is 0 Å². The van der Waals surface area contributed by atoms with Gasteiger partial charge in [0.15, 0.2) is 11.6 Å². The molecule has 1 aromatic carbocycles. The molecule has 0 aliphatic rings. The van der Waals surface area contributed by atoms with Crippen molar-refractivity contribution < 1.29 is 18.3 Å². The van der Waals surface area contributed by atoms with Gasteiger partial charge in [-0.2, -0.15) is 0 Å². The molecule has 0 saturated heterocycles. The molecule has 1 unspecified atom stereocenters. The van der Waals surface area contributed by atoms with E-state index in [0.29, 0.717) is 0 Å². The van der Waals surface area contributed by atoms with Crippen LogP contribution in [0.3, 0.4) is 0 Å². The number of rotatable bonds is 5. The van der Waals surface area contributed by atoms with Crippen LogP contribution in [0.15, 0.2) is 12.1 Å². The topological polar surface area (TPSA) is 52.3 Å². The second-order valence-corrected chi connectivity index (χ2v) is 6.22. The Morgan fingerprint density at radius 2 is 2.00 bits per heavy atom. The number of ether oxygens (including phenoxy) is 1. The Morgan fingerprint density at radius 3 is 2.52 bits per heavy atom. The lowest BCUT2D eigenvalue weighted by Gasteiger charge is -2.21. The molecule has 1 aromatic rings. The van der Waals surface area contributed by atoms with Crippen LogP contribution in [0.25, 0.3) is 0 Å². The summed E-state index contributed by atoms with van der Waals surface area (Å²) < 4.78 is 32.3. The van der Waals surface area contributed by atoms with Crippen molar-refractivity contribution in [2.75, 3.05) is 6.54 Å². The van der Waals surface area contributed by atoms with Crippen LogP contribution in [-0.2, 0) is 9.53 Å². The predicted molar refractivity (Wildman–Crippen MR) is 78.2 cm³/mol. The molecule has 0 radical (unpaired) electrons. The van der Waals surface area contributed by atoms with E-state index in [1.807, 2.05) is 0 Å². The fourth-order valence-corrected chi connectivity index (χ4v) is 2.28. The quantitative estimate of drug-likeness (QED) is 0.663. The van der Waals surface area contributed by atoms with Crippen LogP contribution in [0.5, 0.6) is 0 Å². The Morgan fingerprint density at radius 1 is 1.38 bits per heavy atom. The summed E-state index contributed by atoms with van der Waals surface area (Å²) in [5, 5.41) is 0.105. The number of esters is 1. The van der Waals surface area contributed by atoms with E-state index < -0.39 is 29.1 Å². The largest absolute Gasteiger partial charge is 0.460 e. The summed E-state index contributed by atoms with van der Waals surface area (Å²) >= 11 is 5.92. The minimum absolute atomic E-state index is 0.0164. The summed E-state index contributed by atoms with van der Waals surface area (Å²) in [4.78, 5) is 11.7. The van der Waals surface area contributed by atoms with Gasteiger partial charge in [0.25, 0.3) is 0 Å². The van der Waals surface area contributed by atoms with Gasteiger partial charge in [-0.05, 0) is 45.9 Å². The molecule has 1 atom stereocenters. The normalized spacial score (nSPS) is 13.1. The maximum atomic E-state index is 13.9. The zero-order valence-corrected chi connectivity index (χ0v) is 13.1. The number of benzene rings is 1. The summed E-state index contributed by atoms with van der Waals surface area (Å²) in [6, 6.07) is 2.24. The van der Waals surface area contributed by atoms with E-state index >= 15 is 0 Å². The first-order chi connectivity index (χ1) is 9.65. The number of nitrogens with two attached hydrogens (primary N) is 1. The van der Waals surface area contributed by atoms with Crippen LogP contribution in [0.4, 0.5) is 8.78 Å². The highest BCUT2D eigenvalue weighted by atomic mass is 35.5. The van der Waals surface area contributed by atoms with Crippen LogP contribution in [-0.4, -0.2) is 18.1 Å². The highest BCUT2D eigenvalue weighted by Crippen LogP contribution is 2.31. The lowest BCUT2D eigenvalue weighted by atomic mass is 9.93. The first-order valence-corrected chi connectivity index (χ1v) is 7.08. The minimum atomic E-state index is -1.01. The molecule has 0 saturated carbocycles. The van der Waals surface area contributed by atoms with Gasteiger partial charge in [-0.25, -0.2) is 8.78 Å². The molecule has 0 bridgehead atoms. The number of hydrogen-bond donors (Lipinski definition) is 1. The first-order valence-electron chi connectivity index (χ1n) is 6.71. The van der Waals surface area contributed by atoms with Gasteiger partial charge in [0.1, 0.15) is 5.60 Å². The molecule has 6 heteroatoms. The summed E-state index contributed by atoms with van der Waals surface area (Å²) in [7, 11) is 0. The first kappa shape index (κ1) is 17.9. The van der Waals surface area contributed by atoms with Gasteiger partial charge in [0.05, 0.1) is 0 Å². The van der Waals surface area contributed by atoms with Crippen molar-refractivity contribution in [3.63, 3.8) is 0 Å². The zero-order valence-electron chi connectivity index (χ0n) is 12.4. The lowest BCUT2D eigenvalue weighted by molar-refractivity contribution is -0.155. The average molecular weight is 320 g/mol. The van der Waals surface area contributed by atoms with Crippen molar-refractivity contribution in [1.82, 2.24) is 0 Å². The molecule has 0 aromatic heterocycles. The van der Waals surface area contributed by atoms with E-state index in [1.54, 1.807) is 20.8 Å². The molecular formula is C15H20ClF2NO2. The van der Waals surface area contributed by atoms with Crippen molar-refractivity contribution in [2.45, 2.75) is 45.1 Å². The third-order valence-electron chi connectivity index (χ3n) is 2.89. The summed E-state index contributed by atoms with van der Waals surface area (Å²) in [6.45, 7) is 5.33. The third-order valence-corrected chi connectivity index (χ3v) is 3.22. The van der Waals surface area contributed by atoms with Crippen molar-refractivity contribution in [1.29, 1.82) is 0 Å². The predicted octanol–water partition coefficient (Wildman–Crippen LogP) is 3.78. The van der Waals surface area contributed by atoms with Crippen molar-refractivity contribution in [3.8, 4) is 0 Å². The molecular weight excluding hydrogens is 300 g/mol. The van der Waals surface area contributed by atoms with Gasteiger partial charge in [-0.1, -0.05) is 11.6 Å². The molecule has 3 nitrogen and oxygen atoms in total. The standard InChI is InChI=1S/C15H20ClF2NO2/c1-15(2,3)21-12(20)7-4-9(8-19)13-10(16)5-6-11(17)14(13)18/h5-6,9H,4,7-8,19H2,1-3H3. The maximum absolute atomic E-state index is 13.9. The molecule has 1 rings (SSSR count). The lowest BCUT2D eigenvalue weighted by Crippen LogP contribution is -2.24. The second-order valence-electron chi connectivity index (χ2n) is 5.81. The zero-order chi connectivity index (χ0) is 16.2. The van der Waals surface area contributed by atoms with Gasteiger partial charge >= 0.3 is 5.97 Å². The van der Waals surface area contributed by atoms with Gasteiger partial charge in [0, 0.05) is 22.9 Å². The van der Waals surface area contributed by atoms with Crippen LogP contribution in [0.2, 0.25) is 5.02 Å². The number of hydrogen-bond acceptors (Lipinski definition) is 3. The molecule has 21 heavy (non-hydrogen) atoms. The Bertz CT molecular complexity index is 515. The van der Waals surface area contributed by atoms with E-state index in [0.717, 1.165) is 6.07 Å². The minimum Gasteiger partial charge on any atom is -0.460 e. The SMILES string of the molecule is CC(C)(C)OC(=O)CCC(CN)c1c(Cl)ccc(F)c1F. The Balaban J connectivity index is 2.81. The van der Waals surface area contributed by atoms with Crippen molar-refractivity contribution in [2.24, 2.45) is 5.73 Å². The number of carbonyl (C=O) groups is 1. The number of carbonyl (C=O) groups excluding carboxylic acids is 1. The number of halogens is 3. The fraction of sp³-hybridized carbons (Fsp3) is 0.533. The molecule has 0 amide bonds. The van der Waals surface area contributed by atoms with Gasteiger partial charge in [-0.3, -0.25) is 4.79 Å². The van der Waals surface area contributed by atoms with E-state index in [4.69, 9.17) is 22.1 Å². The smallest absolute Gasteiger partial charge is 0.306 e. The van der Waals surface area contributed by atoms with E-state index in [1.165, 1.54) is 6.07 Å². The Hall–Kier alpha value is -1.20. The fourth-order valence-electron chi connectivity index (χ4n) is 1.98. The van der Waals surface area contributed by atoms with Crippen LogP contribution < -0.4 is 5.73 Å². The maximum Gasteiger partial charge on any atom is 0.306 e. The average Bonchev–Trinajstić information content (AvgIpc) is 2.36. The second kappa shape index (κ2) is 7.18. The van der Waals surface area contributed by atoms with Crippen molar-refractivity contribution >= 4 is 17.6 Å². The van der Waals surface area contributed by atoms with Crippen LogP contribution in [0, 0.1) is 11.6 Å². The summed E-state index contributed by atoms with van der Waals surface area (Å²) in [5.74, 6) is -2.94. The molecule has 0 spiro atoms. The van der Waals surface area contributed by atoms with Crippen LogP contribution in [0.1, 0.15) is 45.1 Å². The molecule has 0 aliphatic carbocycles. The Kier molecular flexibility index (Phi) is 6.10. The summed E-state index contributed by atoms with van der Waals surface area (Å²) in [5.41, 5.74) is 5.04. The Labute approximate surface area is 128 Å². The van der Waals surface area contributed by atoms with E-state index in [-0.39, 0.29) is 30.0 Å². The highest BCUT2D eigenvalue weighted by molar-refractivity contribution is 6.31. The molecule has 0 fully saturated rings. The van der Waals surface area contributed by atoms with Gasteiger partial charge < -0.3 is 10.5 Å². The monoisotopic (exact) mass is 319 g/mol. The third kappa shape index (κ3) is 5.25. The van der Waals surface area contributed by atoms with Gasteiger partial charge in [-0.15, -0.1) is 0 Å². The summed E-state index contributed by atoms with van der Waals surface area (Å²) in [6.07, 6.45) is 0.303. The molecule has 0 heterocycles. The van der Waals surface area contributed by atoms with Crippen LogP contribution >= 0.6 is 11.6 Å².